The van der Waals surface area contributed by atoms with E-state index in [4.69, 9.17) is 9.52 Å². The molecule has 0 amide bonds. The summed E-state index contributed by atoms with van der Waals surface area (Å²) in [6.45, 7) is 8.24. The Hall–Kier alpha value is -2.18. The zero-order chi connectivity index (χ0) is 14.9. The van der Waals surface area contributed by atoms with Gasteiger partial charge in [-0.2, -0.15) is 0 Å². The van der Waals surface area contributed by atoms with Crippen molar-refractivity contribution in [1.29, 1.82) is 0 Å². The summed E-state index contributed by atoms with van der Waals surface area (Å²) >= 11 is 0. The van der Waals surface area contributed by atoms with Crippen LogP contribution in [-0.2, 0) is 18.4 Å². The molecule has 108 valence electrons. The molecule has 0 aliphatic heterocycles. The van der Waals surface area contributed by atoms with E-state index >= 15 is 0 Å². The van der Waals surface area contributed by atoms with E-state index in [9.17, 15) is 4.79 Å². The third-order valence-corrected chi connectivity index (χ3v) is 2.95. The number of carboxylic acid groups (broad SMARTS) is 1. The third kappa shape index (κ3) is 2.71. The largest absolute Gasteiger partial charge is 0.476 e. The lowest BCUT2D eigenvalue weighted by molar-refractivity contribution is 0.0689. The van der Waals surface area contributed by atoms with Crippen LogP contribution in [0.15, 0.2) is 10.6 Å². The summed E-state index contributed by atoms with van der Waals surface area (Å²) in [6, 6.07) is 0. The molecule has 0 saturated carbocycles. The number of oxazole rings is 1. The summed E-state index contributed by atoms with van der Waals surface area (Å²) in [4.78, 5) is 15.2. The highest BCUT2D eigenvalue weighted by Gasteiger charge is 2.21. The fourth-order valence-electron chi connectivity index (χ4n) is 1.83. The first-order chi connectivity index (χ1) is 9.32. The van der Waals surface area contributed by atoms with Gasteiger partial charge in [-0.05, 0) is 6.42 Å². The van der Waals surface area contributed by atoms with Gasteiger partial charge in [0.05, 0.1) is 11.9 Å². The number of carboxylic acids is 1. The standard InChI is InChI=1S/C13H18N4O3/c1-5-8-11(12(18)19)15-16-17(8)7-10-14-6-9(20-10)13(2,3)4/h6H,5,7H2,1-4H3,(H,18,19). The Morgan fingerprint density at radius 2 is 2.15 bits per heavy atom. The maximum atomic E-state index is 11.0. The lowest BCUT2D eigenvalue weighted by atomic mass is 9.94. The van der Waals surface area contributed by atoms with Crippen LogP contribution in [-0.4, -0.2) is 31.1 Å². The quantitative estimate of drug-likeness (QED) is 0.917. The highest BCUT2D eigenvalue weighted by atomic mass is 16.4. The first-order valence-corrected chi connectivity index (χ1v) is 6.43. The second-order valence-electron chi connectivity index (χ2n) is 5.57. The van der Waals surface area contributed by atoms with E-state index in [0.29, 0.717) is 18.0 Å². The molecular formula is C13H18N4O3. The number of carbonyl (C=O) groups is 1. The second kappa shape index (κ2) is 5.07. The van der Waals surface area contributed by atoms with Crippen molar-refractivity contribution in [2.24, 2.45) is 0 Å². The van der Waals surface area contributed by atoms with Crippen molar-refractivity contribution in [3.63, 3.8) is 0 Å². The molecule has 0 fully saturated rings. The van der Waals surface area contributed by atoms with Crippen molar-refractivity contribution in [3.8, 4) is 0 Å². The molecular weight excluding hydrogens is 260 g/mol. The zero-order valence-electron chi connectivity index (χ0n) is 12.0. The highest BCUT2D eigenvalue weighted by Crippen LogP contribution is 2.23. The van der Waals surface area contributed by atoms with Gasteiger partial charge in [-0.3, -0.25) is 0 Å². The Bertz CT molecular complexity index is 622. The minimum absolute atomic E-state index is 0.0184. The first kappa shape index (κ1) is 14.2. The van der Waals surface area contributed by atoms with Gasteiger partial charge in [0, 0.05) is 5.41 Å². The van der Waals surface area contributed by atoms with Crippen LogP contribution in [0.2, 0.25) is 0 Å². The molecule has 2 heterocycles. The summed E-state index contributed by atoms with van der Waals surface area (Å²) in [5, 5.41) is 16.6. The molecule has 7 heteroatoms. The summed E-state index contributed by atoms with van der Waals surface area (Å²) in [5.41, 5.74) is 0.427. The van der Waals surface area contributed by atoms with Crippen molar-refractivity contribution < 1.29 is 14.3 Å². The van der Waals surface area contributed by atoms with Crippen LogP contribution in [0.25, 0.3) is 0 Å². The number of rotatable bonds is 4. The van der Waals surface area contributed by atoms with E-state index in [0.717, 1.165) is 5.76 Å². The van der Waals surface area contributed by atoms with Gasteiger partial charge in [-0.25, -0.2) is 14.5 Å². The maximum absolute atomic E-state index is 11.0. The molecule has 20 heavy (non-hydrogen) atoms. The number of hydrogen-bond donors (Lipinski definition) is 1. The van der Waals surface area contributed by atoms with E-state index in [2.05, 4.69) is 15.3 Å². The van der Waals surface area contributed by atoms with E-state index in [1.54, 1.807) is 6.20 Å². The first-order valence-electron chi connectivity index (χ1n) is 6.43. The van der Waals surface area contributed by atoms with Gasteiger partial charge in [0.2, 0.25) is 5.89 Å². The molecule has 0 aliphatic rings. The SMILES string of the molecule is CCc1c(C(=O)O)nnn1Cc1ncc(C(C)(C)C)o1. The number of aromatic nitrogens is 4. The van der Waals surface area contributed by atoms with Gasteiger partial charge in [-0.1, -0.05) is 32.9 Å². The van der Waals surface area contributed by atoms with E-state index < -0.39 is 5.97 Å². The molecule has 0 unspecified atom stereocenters. The van der Waals surface area contributed by atoms with Crippen molar-refractivity contribution in [3.05, 3.63) is 29.2 Å². The molecule has 0 aromatic carbocycles. The normalized spacial score (nSPS) is 11.8. The van der Waals surface area contributed by atoms with Gasteiger partial charge in [-0.15, -0.1) is 5.10 Å². The predicted molar refractivity (Wildman–Crippen MR) is 70.7 cm³/mol. The van der Waals surface area contributed by atoms with Crippen LogP contribution >= 0.6 is 0 Å². The monoisotopic (exact) mass is 278 g/mol. The van der Waals surface area contributed by atoms with Gasteiger partial charge >= 0.3 is 5.97 Å². The number of aromatic carboxylic acids is 1. The smallest absolute Gasteiger partial charge is 0.358 e. The molecule has 2 aromatic heterocycles. The van der Waals surface area contributed by atoms with Gasteiger partial charge < -0.3 is 9.52 Å². The molecule has 0 atom stereocenters. The van der Waals surface area contributed by atoms with Crippen molar-refractivity contribution in [1.82, 2.24) is 20.0 Å². The Balaban J connectivity index is 2.26. The number of hydrogen-bond acceptors (Lipinski definition) is 5. The highest BCUT2D eigenvalue weighted by molar-refractivity contribution is 5.86. The van der Waals surface area contributed by atoms with Crippen LogP contribution in [0.1, 0.15) is 55.5 Å². The van der Waals surface area contributed by atoms with Crippen molar-refractivity contribution >= 4 is 5.97 Å². The fraction of sp³-hybridized carbons (Fsp3) is 0.538. The molecule has 2 rings (SSSR count). The maximum Gasteiger partial charge on any atom is 0.358 e. The van der Waals surface area contributed by atoms with Crippen LogP contribution in [0, 0.1) is 0 Å². The van der Waals surface area contributed by atoms with Gasteiger partial charge in [0.15, 0.2) is 5.69 Å². The fourth-order valence-corrected chi connectivity index (χ4v) is 1.83. The van der Waals surface area contributed by atoms with Crippen LogP contribution in [0.5, 0.6) is 0 Å². The summed E-state index contributed by atoms with van der Waals surface area (Å²) in [5.74, 6) is 0.200. The van der Waals surface area contributed by atoms with Crippen LogP contribution < -0.4 is 0 Å². The van der Waals surface area contributed by atoms with Gasteiger partial charge in [0.1, 0.15) is 12.3 Å². The molecule has 0 radical (unpaired) electrons. The topological polar surface area (TPSA) is 94.0 Å². The minimum atomic E-state index is -1.07. The Labute approximate surface area is 116 Å². The lowest BCUT2D eigenvalue weighted by Crippen LogP contribution is -2.10. The Morgan fingerprint density at radius 3 is 2.65 bits per heavy atom. The van der Waals surface area contributed by atoms with Gasteiger partial charge in [0.25, 0.3) is 0 Å². The average molecular weight is 278 g/mol. The average Bonchev–Trinajstić information content (AvgIpc) is 2.95. The Morgan fingerprint density at radius 1 is 1.45 bits per heavy atom. The molecule has 7 nitrogen and oxygen atoms in total. The van der Waals surface area contributed by atoms with Crippen LogP contribution in [0.4, 0.5) is 0 Å². The van der Waals surface area contributed by atoms with E-state index in [1.807, 2.05) is 27.7 Å². The minimum Gasteiger partial charge on any atom is -0.476 e. The lowest BCUT2D eigenvalue weighted by Gasteiger charge is -2.13. The number of nitrogens with zero attached hydrogens (tertiary/aromatic N) is 4. The molecule has 2 aromatic rings. The third-order valence-electron chi connectivity index (χ3n) is 2.95. The molecule has 0 bridgehead atoms. The molecule has 0 saturated heterocycles. The zero-order valence-corrected chi connectivity index (χ0v) is 12.0. The van der Waals surface area contributed by atoms with E-state index in [-0.39, 0.29) is 17.7 Å². The molecule has 1 N–H and O–H groups in total. The predicted octanol–water partition coefficient (Wildman–Crippen LogP) is 1.87. The van der Waals surface area contributed by atoms with Crippen LogP contribution in [0.3, 0.4) is 0 Å². The summed E-state index contributed by atoms with van der Waals surface area (Å²) < 4.78 is 7.19. The summed E-state index contributed by atoms with van der Waals surface area (Å²) in [6.07, 6.45) is 2.22. The Kier molecular flexibility index (Phi) is 3.61. The van der Waals surface area contributed by atoms with E-state index in [1.165, 1.54) is 4.68 Å². The molecule has 0 spiro atoms. The van der Waals surface area contributed by atoms with Crippen molar-refractivity contribution in [2.45, 2.75) is 46.1 Å². The van der Waals surface area contributed by atoms with Crippen molar-refractivity contribution in [2.75, 3.05) is 0 Å². The second-order valence-corrected chi connectivity index (χ2v) is 5.57. The summed E-state index contributed by atoms with van der Waals surface area (Å²) in [7, 11) is 0. The molecule has 0 aliphatic carbocycles.